The summed E-state index contributed by atoms with van der Waals surface area (Å²) in [4.78, 5) is 25.3. The topological polar surface area (TPSA) is 90.5 Å². The number of methoxy groups -OCH3 is 1. The van der Waals surface area contributed by atoms with Crippen molar-refractivity contribution >= 4 is 22.7 Å². The molecule has 0 saturated carbocycles. The number of amidine groups is 1. The van der Waals surface area contributed by atoms with Crippen LogP contribution in [-0.2, 0) is 16.7 Å². The summed E-state index contributed by atoms with van der Waals surface area (Å²) < 4.78 is 19.4. The third-order valence-electron chi connectivity index (χ3n) is 4.54. The lowest BCUT2D eigenvalue weighted by Gasteiger charge is -2.30. The summed E-state index contributed by atoms with van der Waals surface area (Å²) in [5.41, 5.74) is 6.93. The Labute approximate surface area is 173 Å². The molecule has 0 fully saturated rings. The van der Waals surface area contributed by atoms with Gasteiger partial charge >= 0.3 is 0 Å². The van der Waals surface area contributed by atoms with E-state index in [1.165, 1.54) is 30.2 Å². The summed E-state index contributed by atoms with van der Waals surface area (Å²) >= 11 is 1.46. The van der Waals surface area contributed by atoms with Gasteiger partial charge in [0.05, 0.1) is 17.9 Å². The van der Waals surface area contributed by atoms with E-state index in [-0.39, 0.29) is 23.7 Å². The highest BCUT2D eigenvalue weighted by atomic mass is 32.2. The van der Waals surface area contributed by atoms with Crippen molar-refractivity contribution in [3.05, 3.63) is 58.9 Å². The number of aliphatic imine (C=N–C) groups is 1. The van der Waals surface area contributed by atoms with Crippen LogP contribution >= 0.6 is 11.8 Å². The second kappa shape index (κ2) is 9.16. The van der Waals surface area contributed by atoms with Crippen molar-refractivity contribution in [1.82, 2.24) is 9.97 Å². The molecular formula is C21H21FN4O2S. The van der Waals surface area contributed by atoms with E-state index in [0.717, 1.165) is 5.75 Å². The first-order valence-electron chi connectivity index (χ1n) is 9.01. The maximum absolute atomic E-state index is 14.5. The van der Waals surface area contributed by atoms with Gasteiger partial charge in [0, 0.05) is 24.8 Å². The predicted molar refractivity (Wildman–Crippen MR) is 111 cm³/mol. The number of hydrogen-bond acceptors (Lipinski definition) is 7. The molecule has 150 valence electrons. The fourth-order valence-electron chi connectivity index (χ4n) is 2.99. The number of hydrogen-bond donors (Lipinski definition) is 1. The van der Waals surface area contributed by atoms with Crippen LogP contribution < -0.4 is 5.73 Å². The molecule has 6 nitrogen and oxygen atoms in total. The van der Waals surface area contributed by atoms with Crippen LogP contribution in [0.15, 0.2) is 35.6 Å². The van der Waals surface area contributed by atoms with Crippen molar-refractivity contribution < 1.29 is 13.9 Å². The first-order chi connectivity index (χ1) is 13.9. The molecule has 0 radical (unpaired) electrons. The Balaban J connectivity index is 1.78. The molecule has 2 N–H and O–H groups in total. The smallest absolute Gasteiger partial charge is 0.187 e. The van der Waals surface area contributed by atoms with Crippen LogP contribution in [-0.4, -0.2) is 40.4 Å². The maximum atomic E-state index is 14.5. The van der Waals surface area contributed by atoms with Crippen molar-refractivity contribution in [3.63, 3.8) is 0 Å². The summed E-state index contributed by atoms with van der Waals surface area (Å²) in [6.45, 7) is 2.15. The van der Waals surface area contributed by atoms with Crippen LogP contribution in [0.1, 0.15) is 40.7 Å². The van der Waals surface area contributed by atoms with Crippen molar-refractivity contribution in [3.8, 4) is 11.8 Å². The second-order valence-corrected chi connectivity index (χ2v) is 7.87. The predicted octanol–water partition coefficient (Wildman–Crippen LogP) is 2.71. The van der Waals surface area contributed by atoms with Gasteiger partial charge in [-0.15, -0.1) is 0 Å². The van der Waals surface area contributed by atoms with E-state index in [4.69, 9.17) is 10.5 Å². The highest BCUT2D eigenvalue weighted by Gasteiger charge is 2.32. The molecule has 0 saturated heterocycles. The molecule has 29 heavy (non-hydrogen) atoms. The maximum Gasteiger partial charge on any atom is 0.187 e. The highest BCUT2D eigenvalue weighted by Crippen LogP contribution is 2.36. The Hall–Kier alpha value is -2.76. The molecule has 0 unspecified atom stereocenters. The van der Waals surface area contributed by atoms with Gasteiger partial charge in [0.25, 0.3) is 0 Å². The quantitative estimate of drug-likeness (QED) is 0.600. The van der Waals surface area contributed by atoms with Crippen LogP contribution in [0.25, 0.3) is 0 Å². The lowest BCUT2D eigenvalue weighted by Crippen LogP contribution is -2.29. The Bertz CT molecular complexity index is 998. The van der Waals surface area contributed by atoms with Gasteiger partial charge in [0.1, 0.15) is 23.8 Å². The molecule has 0 spiro atoms. The van der Waals surface area contributed by atoms with E-state index in [0.29, 0.717) is 35.0 Å². The molecule has 1 aliphatic heterocycles. The zero-order chi connectivity index (χ0) is 20.9. The molecule has 2 heterocycles. The number of Topliss-reactive ketones (excluding diaryl/α,β-unsaturated/α-hetero) is 1. The van der Waals surface area contributed by atoms with E-state index in [2.05, 4.69) is 26.8 Å². The average molecular weight is 412 g/mol. The zero-order valence-electron chi connectivity index (χ0n) is 16.2. The van der Waals surface area contributed by atoms with Crippen LogP contribution in [0.2, 0.25) is 0 Å². The summed E-state index contributed by atoms with van der Waals surface area (Å²) in [5.74, 6) is 5.77. The molecule has 0 bridgehead atoms. The van der Waals surface area contributed by atoms with Gasteiger partial charge in [-0.3, -0.25) is 9.79 Å². The number of benzene rings is 1. The van der Waals surface area contributed by atoms with Crippen molar-refractivity contribution in [1.29, 1.82) is 0 Å². The molecule has 8 heteroatoms. The van der Waals surface area contributed by atoms with Gasteiger partial charge in [0.2, 0.25) is 0 Å². The Morgan fingerprint density at radius 1 is 1.38 bits per heavy atom. The lowest BCUT2D eigenvalue weighted by atomic mass is 9.87. The number of ether oxygens (including phenoxy) is 1. The van der Waals surface area contributed by atoms with Crippen LogP contribution in [0.5, 0.6) is 0 Å². The van der Waals surface area contributed by atoms with E-state index >= 15 is 0 Å². The molecule has 1 aromatic heterocycles. The number of halogens is 1. The number of ketones is 1. The van der Waals surface area contributed by atoms with Crippen LogP contribution in [0.4, 0.5) is 4.39 Å². The van der Waals surface area contributed by atoms with Crippen LogP contribution in [0, 0.1) is 17.7 Å². The van der Waals surface area contributed by atoms with E-state index < -0.39 is 5.54 Å². The van der Waals surface area contributed by atoms with E-state index in [1.54, 1.807) is 19.2 Å². The van der Waals surface area contributed by atoms with Crippen molar-refractivity contribution in [2.45, 2.75) is 25.3 Å². The lowest BCUT2D eigenvalue weighted by molar-refractivity contribution is 0.0987. The van der Waals surface area contributed by atoms with Gasteiger partial charge in [-0.1, -0.05) is 23.7 Å². The molecule has 3 rings (SSSR count). The molecule has 1 atom stereocenters. The Kier molecular flexibility index (Phi) is 6.62. The summed E-state index contributed by atoms with van der Waals surface area (Å²) in [6, 6.07) is 4.66. The molecule has 1 aromatic carbocycles. The molecule has 1 aliphatic rings. The number of nitrogens with zero attached hydrogens (tertiary/aromatic N) is 3. The first kappa shape index (κ1) is 21.0. The van der Waals surface area contributed by atoms with Crippen LogP contribution in [0.3, 0.4) is 0 Å². The zero-order valence-corrected chi connectivity index (χ0v) is 17.1. The normalized spacial score (nSPS) is 18.5. The number of aromatic nitrogens is 2. The second-order valence-electron chi connectivity index (χ2n) is 6.76. The van der Waals surface area contributed by atoms with Gasteiger partial charge in [-0.05, 0) is 37.0 Å². The van der Waals surface area contributed by atoms with Gasteiger partial charge in [0.15, 0.2) is 11.0 Å². The minimum atomic E-state index is -0.735. The Morgan fingerprint density at radius 2 is 2.21 bits per heavy atom. The Morgan fingerprint density at radius 3 is 2.90 bits per heavy atom. The fraction of sp³-hybridized carbons (Fsp3) is 0.333. The number of rotatable bonds is 5. The summed E-state index contributed by atoms with van der Waals surface area (Å²) in [5, 5.41) is 0.448. The number of carbonyl (C=O) groups is 1. The van der Waals surface area contributed by atoms with Gasteiger partial charge in [-0.25, -0.2) is 14.4 Å². The molecule has 0 aliphatic carbocycles. The first-order valence-corrected chi connectivity index (χ1v) is 10.00. The number of nitrogens with two attached hydrogens (primary N) is 1. The monoisotopic (exact) mass is 412 g/mol. The molecular weight excluding hydrogens is 391 g/mol. The SMILES string of the molecule is COCC#Cc1cnc(C(=O)Cc2ccc(F)c([C@]3(C)CCSC(N)=N3)c2)cn1. The standard InChI is InChI=1S/C21H21FN4O2S/c1-21(7-9-29-20(23)26-21)16-10-14(5-6-17(16)22)11-19(27)18-13-24-15(12-25-18)4-3-8-28-2/h5-6,10,12-13H,7-9,11H2,1-2H3,(H2,23,26)/t21-/m0/s1. The highest BCUT2D eigenvalue weighted by molar-refractivity contribution is 8.13. The largest absolute Gasteiger partial charge is 0.379 e. The fourth-order valence-corrected chi connectivity index (χ4v) is 3.96. The van der Waals surface area contributed by atoms with Crippen molar-refractivity contribution in [2.24, 2.45) is 10.7 Å². The average Bonchev–Trinajstić information content (AvgIpc) is 2.70. The molecule has 0 amide bonds. The minimum absolute atomic E-state index is 0.0840. The number of thioether (sulfide) groups is 1. The number of carbonyl (C=O) groups excluding carboxylic acids is 1. The third kappa shape index (κ3) is 5.19. The van der Waals surface area contributed by atoms with Gasteiger partial charge in [-0.2, -0.15) is 0 Å². The molecule has 2 aromatic rings. The minimum Gasteiger partial charge on any atom is -0.379 e. The van der Waals surface area contributed by atoms with Gasteiger partial charge < -0.3 is 10.5 Å². The summed E-state index contributed by atoms with van der Waals surface area (Å²) in [7, 11) is 1.55. The third-order valence-corrected chi connectivity index (χ3v) is 5.34. The van der Waals surface area contributed by atoms with E-state index in [9.17, 15) is 9.18 Å². The van der Waals surface area contributed by atoms with E-state index in [1.807, 2.05) is 6.92 Å². The summed E-state index contributed by atoms with van der Waals surface area (Å²) in [6.07, 6.45) is 3.60. The van der Waals surface area contributed by atoms with Crippen molar-refractivity contribution in [2.75, 3.05) is 19.5 Å².